The smallest absolute Gasteiger partial charge is 0.0827 e. The van der Waals surface area contributed by atoms with Crippen LogP contribution in [0.3, 0.4) is 0 Å². The fourth-order valence-corrected chi connectivity index (χ4v) is 0.750. The van der Waals surface area contributed by atoms with Gasteiger partial charge < -0.3 is 9.84 Å². The van der Waals surface area contributed by atoms with Gasteiger partial charge in [-0.25, -0.2) is 0 Å². The Morgan fingerprint density at radius 2 is 2.11 bits per heavy atom. The van der Waals surface area contributed by atoms with E-state index in [9.17, 15) is 0 Å². The molecular formula is C7H16O2. The molecule has 0 bridgehead atoms. The molecule has 0 fully saturated rings. The van der Waals surface area contributed by atoms with Crippen LogP contribution >= 0.6 is 0 Å². The van der Waals surface area contributed by atoms with Crippen molar-refractivity contribution in [3.63, 3.8) is 0 Å². The van der Waals surface area contributed by atoms with Crippen molar-refractivity contribution in [2.45, 2.75) is 26.4 Å². The Balaban J connectivity index is 3.50. The van der Waals surface area contributed by atoms with Gasteiger partial charge in [-0.2, -0.15) is 0 Å². The molecule has 0 aliphatic carbocycles. The van der Waals surface area contributed by atoms with E-state index in [0.29, 0.717) is 5.92 Å². The fraction of sp³-hybridized carbons (Fsp3) is 1.00. The maximum absolute atomic E-state index is 8.70. The Morgan fingerprint density at radius 3 is 2.22 bits per heavy atom. The summed E-state index contributed by atoms with van der Waals surface area (Å²) in [5.41, 5.74) is 0. The number of aliphatic hydroxyl groups excluding tert-OH is 1. The third-order valence-electron chi connectivity index (χ3n) is 1.76. The lowest BCUT2D eigenvalue weighted by molar-refractivity contribution is 0.0118. The predicted molar refractivity (Wildman–Crippen MR) is 37.3 cm³/mol. The first-order valence-corrected chi connectivity index (χ1v) is 3.39. The van der Waals surface area contributed by atoms with Crippen LogP contribution in [0.5, 0.6) is 0 Å². The summed E-state index contributed by atoms with van der Waals surface area (Å²) in [5, 5.41) is 8.70. The van der Waals surface area contributed by atoms with Crippen molar-refractivity contribution in [2.75, 3.05) is 13.7 Å². The second-order valence-electron chi connectivity index (χ2n) is 2.34. The first-order valence-electron chi connectivity index (χ1n) is 3.39. The van der Waals surface area contributed by atoms with E-state index in [4.69, 9.17) is 9.84 Å². The molecule has 1 N–H and O–H groups in total. The van der Waals surface area contributed by atoms with Crippen LogP contribution in [0, 0.1) is 5.92 Å². The van der Waals surface area contributed by atoms with Crippen LogP contribution in [-0.4, -0.2) is 24.9 Å². The van der Waals surface area contributed by atoms with E-state index in [0.717, 1.165) is 6.42 Å². The average Bonchev–Trinajstić information content (AvgIpc) is 1.90. The Bertz CT molecular complexity index is 59.9. The predicted octanol–water partition coefficient (Wildman–Crippen LogP) is 1.04. The van der Waals surface area contributed by atoms with Gasteiger partial charge in [-0.05, 0) is 5.92 Å². The molecule has 0 aliphatic rings. The lowest BCUT2D eigenvalue weighted by atomic mass is 10.0. The van der Waals surface area contributed by atoms with Gasteiger partial charge in [0.25, 0.3) is 0 Å². The number of hydrogen-bond donors (Lipinski definition) is 1. The average molecular weight is 132 g/mol. The van der Waals surface area contributed by atoms with Crippen LogP contribution < -0.4 is 0 Å². The molecule has 0 rings (SSSR count). The zero-order chi connectivity index (χ0) is 7.28. The normalized spacial score (nSPS) is 17.3. The SMILES string of the molecule is CC[C@H](C)[C@H](CO)OC. The summed E-state index contributed by atoms with van der Waals surface area (Å²) >= 11 is 0. The monoisotopic (exact) mass is 132 g/mol. The fourth-order valence-electron chi connectivity index (χ4n) is 0.750. The Labute approximate surface area is 56.8 Å². The summed E-state index contributed by atoms with van der Waals surface area (Å²) in [6, 6.07) is 0. The maximum atomic E-state index is 8.70. The Morgan fingerprint density at radius 1 is 1.56 bits per heavy atom. The van der Waals surface area contributed by atoms with E-state index in [1.807, 2.05) is 0 Å². The molecule has 0 heterocycles. The quantitative estimate of drug-likeness (QED) is 0.619. The van der Waals surface area contributed by atoms with Gasteiger partial charge in [-0.3, -0.25) is 0 Å². The summed E-state index contributed by atoms with van der Waals surface area (Å²) < 4.78 is 5.00. The van der Waals surface area contributed by atoms with Crippen molar-refractivity contribution in [1.82, 2.24) is 0 Å². The van der Waals surface area contributed by atoms with Gasteiger partial charge in [0.1, 0.15) is 0 Å². The summed E-state index contributed by atoms with van der Waals surface area (Å²) in [6.07, 6.45) is 1.08. The van der Waals surface area contributed by atoms with Crippen molar-refractivity contribution in [1.29, 1.82) is 0 Å². The molecular weight excluding hydrogens is 116 g/mol. The molecule has 0 radical (unpaired) electrons. The zero-order valence-corrected chi connectivity index (χ0v) is 6.42. The molecule has 0 saturated carbocycles. The van der Waals surface area contributed by atoms with E-state index >= 15 is 0 Å². The summed E-state index contributed by atoms with van der Waals surface area (Å²) in [6.45, 7) is 4.29. The van der Waals surface area contributed by atoms with Crippen molar-refractivity contribution < 1.29 is 9.84 Å². The largest absolute Gasteiger partial charge is 0.394 e. The van der Waals surface area contributed by atoms with Gasteiger partial charge in [0.05, 0.1) is 12.7 Å². The van der Waals surface area contributed by atoms with Gasteiger partial charge in [0.2, 0.25) is 0 Å². The van der Waals surface area contributed by atoms with Crippen molar-refractivity contribution in [3.05, 3.63) is 0 Å². The van der Waals surface area contributed by atoms with E-state index < -0.39 is 0 Å². The van der Waals surface area contributed by atoms with Crippen molar-refractivity contribution in [2.24, 2.45) is 5.92 Å². The van der Waals surface area contributed by atoms with E-state index in [1.54, 1.807) is 7.11 Å². The third kappa shape index (κ3) is 2.82. The summed E-state index contributed by atoms with van der Waals surface area (Å²) in [7, 11) is 1.63. The number of ether oxygens (including phenoxy) is 1. The van der Waals surface area contributed by atoms with Gasteiger partial charge in [-0.1, -0.05) is 20.3 Å². The van der Waals surface area contributed by atoms with Crippen LogP contribution in [-0.2, 0) is 4.74 Å². The van der Waals surface area contributed by atoms with E-state index in [2.05, 4.69) is 13.8 Å². The van der Waals surface area contributed by atoms with Crippen LogP contribution in [0.25, 0.3) is 0 Å². The molecule has 2 nitrogen and oxygen atoms in total. The molecule has 0 spiro atoms. The van der Waals surface area contributed by atoms with Crippen LogP contribution in [0.1, 0.15) is 20.3 Å². The van der Waals surface area contributed by atoms with E-state index in [-0.39, 0.29) is 12.7 Å². The maximum Gasteiger partial charge on any atom is 0.0827 e. The molecule has 0 aromatic rings. The molecule has 0 unspecified atom stereocenters. The first-order chi connectivity index (χ1) is 4.26. The lowest BCUT2D eigenvalue weighted by Crippen LogP contribution is -2.23. The molecule has 0 aromatic carbocycles. The van der Waals surface area contributed by atoms with E-state index in [1.165, 1.54) is 0 Å². The van der Waals surface area contributed by atoms with Crippen LogP contribution in [0.4, 0.5) is 0 Å². The summed E-state index contributed by atoms with van der Waals surface area (Å²) in [5.74, 6) is 0.458. The molecule has 0 amide bonds. The minimum Gasteiger partial charge on any atom is -0.394 e. The summed E-state index contributed by atoms with van der Waals surface area (Å²) in [4.78, 5) is 0. The minimum absolute atomic E-state index is 0.0231. The molecule has 0 aliphatic heterocycles. The number of aliphatic hydroxyl groups is 1. The molecule has 2 atom stereocenters. The van der Waals surface area contributed by atoms with Gasteiger partial charge in [-0.15, -0.1) is 0 Å². The van der Waals surface area contributed by atoms with Crippen LogP contribution in [0.15, 0.2) is 0 Å². The topological polar surface area (TPSA) is 29.5 Å². The third-order valence-corrected chi connectivity index (χ3v) is 1.76. The number of hydrogen-bond acceptors (Lipinski definition) is 2. The van der Waals surface area contributed by atoms with Gasteiger partial charge in [0.15, 0.2) is 0 Å². The molecule has 56 valence electrons. The Hall–Kier alpha value is -0.0800. The van der Waals surface area contributed by atoms with Crippen LogP contribution in [0.2, 0.25) is 0 Å². The lowest BCUT2D eigenvalue weighted by Gasteiger charge is -2.18. The molecule has 2 heteroatoms. The van der Waals surface area contributed by atoms with Gasteiger partial charge in [0, 0.05) is 7.11 Å². The molecule has 0 saturated heterocycles. The first kappa shape index (κ1) is 8.92. The molecule has 9 heavy (non-hydrogen) atoms. The highest BCUT2D eigenvalue weighted by atomic mass is 16.5. The number of rotatable bonds is 4. The van der Waals surface area contributed by atoms with Crippen molar-refractivity contribution in [3.8, 4) is 0 Å². The minimum atomic E-state index is 0.0231. The number of methoxy groups -OCH3 is 1. The molecule has 0 aromatic heterocycles. The standard InChI is InChI=1S/C7H16O2/c1-4-6(2)7(5-8)9-3/h6-8H,4-5H2,1-3H3/t6-,7-/m0/s1. The highest BCUT2D eigenvalue weighted by Crippen LogP contribution is 2.08. The highest BCUT2D eigenvalue weighted by molar-refractivity contribution is 4.61. The highest BCUT2D eigenvalue weighted by Gasteiger charge is 2.12. The van der Waals surface area contributed by atoms with Crippen molar-refractivity contribution >= 4 is 0 Å². The second kappa shape index (κ2) is 4.77. The van der Waals surface area contributed by atoms with Gasteiger partial charge >= 0.3 is 0 Å². The second-order valence-corrected chi connectivity index (χ2v) is 2.34. The zero-order valence-electron chi connectivity index (χ0n) is 6.42. The Kier molecular flexibility index (Phi) is 4.72.